The largest absolute Gasteiger partial charge is 0.382 e. The van der Waals surface area contributed by atoms with Gasteiger partial charge in [0.05, 0.1) is 10.9 Å². The van der Waals surface area contributed by atoms with Crippen LogP contribution in [0.2, 0.25) is 0 Å². The van der Waals surface area contributed by atoms with Crippen molar-refractivity contribution in [2.24, 2.45) is 0 Å². The Bertz CT molecular complexity index is 829. The van der Waals surface area contributed by atoms with Crippen molar-refractivity contribution in [1.29, 1.82) is 0 Å². The van der Waals surface area contributed by atoms with Gasteiger partial charge in [-0.3, -0.25) is 14.2 Å². The van der Waals surface area contributed by atoms with Crippen LogP contribution in [0.5, 0.6) is 0 Å². The second-order valence-corrected chi connectivity index (χ2v) is 6.69. The number of rotatable bonds is 6. The van der Waals surface area contributed by atoms with E-state index in [0.717, 1.165) is 44.5 Å². The SMILES string of the molecule is CCOCCCNC(=O)c1ccc2c(=O)n3c(nc2c1)CCCCCC3. The van der Waals surface area contributed by atoms with Gasteiger partial charge >= 0.3 is 0 Å². The fraction of sp³-hybridized carbons (Fsp3) is 0.550. The van der Waals surface area contributed by atoms with Crippen LogP contribution in [0.4, 0.5) is 0 Å². The summed E-state index contributed by atoms with van der Waals surface area (Å²) >= 11 is 0. The van der Waals surface area contributed by atoms with Crippen LogP contribution in [0.25, 0.3) is 10.9 Å². The number of hydrogen-bond donors (Lipinski definition) is 1. The summed E-state index contributed by atoms with van der Waals surface area (Å²) in [6.07, 6.45) is 6.00. The van der Waals surface area contributed by atoms with Crippen LogP contribution >= 0.6 is 0 Å². The fourth-order valence-corrected chi connectivity index (χ4v) is 3.36. The van der Waals surface area contributed by atoms with Gasteiger partial charge in [0, 0.05) is 38.3 Å². The Kier molecular flexibility index (Phi) is 6.39. The van der Waals surface area contributed by atoms with Gasteiger partial charge in [-0.2, -0.15) is 0 Å². The van der Waals surface area contributed by atoms with Crippen LogP contribution in [-0.2, 0) is 17.7 Å². The van der Waals surface area contributed by atoms with E-state index in [1.807, 2.05) is 11.5 Å². The molecule has 2 heterocycles. The number of aryl methyl sites for hydroxylation is 1. The zero-order valence-electron chi connectivity index (χ0n) is 15.4. The summed E-state index contributed by atoms with van der Waals surface area (Å²) in [6, 6.07) is 5.17. The Morgan fingerprint density at radius 2 is 2.12 bits per heavy atom. The standard InChI is InChI=1S/C20H27N3O3/c1-2-26-13-7-11-21-19(24)15-9-10-16-17(14-15)22-18-8-5-3-4-6-12-23(18)20(16)25/h9-10,14H,2-8,11-13H2,1H3,(H,21,24). The Morgan fingerprint density at radius 1 is 1.27 bits per heavy atom. The van der Waals surface area contributed by atoms with Crippen LogP contribution in [0.3, 0.4) is 0 Å². The molecule has 0 saturated heterocycles. The molecule has 0 atom stereocenters. The molecule has 2 aromatic rings. The smallest absolute Gasteiger partial charge is 0.261 e. The molecule has 0 bridgehead atoms. The van der Waals surface area contributed by atoms with Crippen molar-refractivity contribution >= 4 is 16.8 Å². The molecule has 0 spiro atoms. The first kappa shape index (κ1) is 18.6. The van der Waals surface area contributed by atoms with Crippen molar-refractivity contribution < 1.29 is 9.53 Å². The van der Waals surface area contributed by atoms with E-state index in [-0.39, 0.29) is 11.5 Å². The van der Waals surface area contributed by atoms with E-state index in [4.69, 9.17) is 9.72 Å². The molecule has 1 aromatic heterocycles. The lowest BCUT2D eigenvalue weighted by Crippen LogP contribution is -2.27. The van der Waals surface area contributed by atoms with Crippen molar-refractivity contribution in [3.05, 3.63) is 39.9 Å². The Balaban J connectivity index is 1.80. The van der Waals surface area contributed by atoms with Gasteiger partial charge < -0.3 is 10.1 Å². The minimum Gasteiger partial charge on any atom is -0.382 e. The fourth-order valence-electron chi connectivity index (χ4n) is 3.36. The van der Waals surface area contributed by atoms with Gasteiger partial charge in [0.2, 0.25) is 0 Å². The van der Waals surface area contributed by atoms with Crippen molar-refractivity contribution in [2.45, 2.75) is 52.0 Å². The number of benzene rings is 1. The summed E-state index contributed by atoms with van der Waals surface area (Å²) in [6.45, 7) is 4.57. The normalized spacial score (nSPS) is 14.5. The van der Waals surface area contributed by atoms with E-state index < -0.39 is 0 Å². The molecule has 1 aromatic carbocycles. The predicted octanol–water partition coefficient (Wildman–Crippen LogP) is 2.67. The average molecular weight is 357 g/mol. The maximum absolute atomic E-state index is 12.8. The lowest BCUT2D eigenvalue weighted by molar-refractivity contribution is 0.0944. The third kappa shape index (κ3) is 4.30. The molecule has 1 aliphatic rings. The molecular weight excluding hydrogens is 330 g/mol. The maximum Gasteiger partial charge on any atom is 0.261 e. The first-order valence-electron chi connectivity index (χ1n) is 9.60. The summed E-state index contributed by atoms with van der Waals surface area (Å²) in [5.41, 5.74) is 1.16. The number of nitrogens with zero attached hydrogens (tertiary/aromatic N) is 2. The molecular formula is C20H27N3O3. The highest BCUT2D eigenvalue weighted by Crippen LogP contribution is 2.16. The number of carbonyl (C=O) groups is 1. The molecule has 1 N–H and O–H groups in total. The van der Waals surface area contributed by atoms with Gasteiger partial charge in [-0.15, -0.1) is 0 Å². The van der Waals surface area contributed by atoms with E-state index in [1.165, 1.54) is 6.42 Å². The summed E-state index contributed by atoms with van der Waals surface area (Å²) in [7, 11) is 0. The van der Waals surface area contributed by atoms with Gasteiger partial charge in [0.15, 0.2) is 0 Å². The Labute approximate surface area is 153 Å². The number of fused-ring (bicyclic) bond motifs is 2. The van der Waals surface area contributed by atoms with Gasteiger partial charge in [-0.05, 0) is 44.4 Å². The van der Waals surface area contributed by atoms with E-state index >= 15 is 0 Å². The van der Waals surface area contributed by atoms with E-state index in [0.29, 0.717) is 36.2 Å². The molecule has 0 saturated carbocycles. The monoisotopic (exact) mass is 357 g/mol. The van der Waals surface area contributed by atoms with Gasteiger partial charge in [0.25, 0.3) is 11.5 Å². The summed E-state index contributed by atoms with van der Waals surface area (Å²) < 4.78 is 7.08. The maximum atomic E-state index is 12.8. The minimum absolute atomic E-state index is 0.00979. The summed E-state index contributed by atoms with van der Waals surface area (Å²) in [5, 5.41) is 3.47. The number of carbonyl (C=O) groups excluding carboxylic acids is 1. The van der Waals surface area contributed by atoms with Gasteiger partial charge in [0.1, 0.15) is 5.82 Å². The predicted molar refractivity (Wildman–Crippen MR) is 102 cm³/mol. The number of nitrogens with one attached hydrogen (secondary N) is 1. The lowest BCUT2D eigenvalue weighted by atomic mass is 10.1. The molecule has 3 rings (SSSR count). The van der Waals surface area contributed by atoms with E-state index in [9.17, 15) is 9.59 Å². The Morgan fingerprint density at radius 3 is 2.96 bits per heavy atom. The molecule has 6 heteroatoms. The van der Waals surface area contributed by atoms with E-state index in [2.05, 4.69) is 5.32 Å². The molecule has 6 nitrogen and oxygen atoms in total. The van der Waals surface area contributed by atoms with Gasteiger partial charge in [-0.1, -0.05) is 12.8 Å². The molecule has 140 valence electrons. The molecule has 1 amide bonds. The van der Waals surface area contributed by atoms with E-state index in [1.54, 1.807) is 18.2 Å². The lowest BCUT2D eigenvalue weighted by Gasteiger charge is -2.16. The molecule has 0 fully saturated rings. The molecule has 1 aliphatic heterocycles. The molecule has 0 aliphatic carbocycles. The third-order valence-corrected chi connectivity index (χ3v) is 4.78. The number of hydrogen-bond acceptors (Lipinski definition) is 4. The average Bonchev–Trinajstić information content (AvgIpc) is 2.62. The number of amides is 1. The number of aromatic nitrogens is 2. The van der Waals surface area contributed by atoms with Crippen LogP contribution in [0.1, 0.15) is 55.2 Å². The van der Waals surface area contributed by atoms with Crippen molar-refractivity contribution in [1.82, 2.24) is 14.9 Å². The molecule has 0 radical (unpaired) electrons. The number of ether oxygens (including phenoxy) is 1. The highest BCUT2D eigenvalue weighted by atomic mass is 16.5. The van der Waals surface area contributed by atoms with Crippen LogP contribution in [0.15, 0.2) is 23.0 Å². The first-order valence-corrected chi connectivity index (χ1v) is 9.60. The highest BCUT2D eigenvalue weighted by Gasteiger charge is 2.14. The second-order valence-electron chi connectivity index (χ2n) is 6.69. The van der Waals surface area contributed by atoms with Gasteiger partial charge in [-0.25, -0.2) is 4.98 Å². The van der Waals surface area contributed by atoms with Crippen molar-refractivity contribution in [3.8, 4) is 0 Å². The van der Waals surface area contributed by atoms with Crippen molar-refractivity contribution in [3.63, 3.8) is 0 Å². The highest BCUT2D eigenvalue weighted by molar-refractivity contribution is 5.97. The van der Waals surface area contributed by atoms with Crippen molar-refractivity contribution in [2.75, 3.05) is 19.8 Å². The zero-order valence-corrected chi connectivity index (χ0v) is 15.4. The van der Waals surface area contributed by atoms with Crippen LogP contribution < -0.4 is 10.9 Å². The molecule has 0 unspecified atom stereocenters. The zero-order chi connectivity index (χ0) is 18.4. The summed E-state index contributed by atoms with van der Waals surface area (Å²) in [5.74, 6) is 0.702. The quantitative estimate of drug-likeness (QED) is 0.807. The van der Waals surface area contributed by atoms with Crippen LogP contribution in [0, 0.1) is 0 Å². The second kappa shape index (κ2) is 8.94. The topological polar surface area (TPSA) is 73.2 Å². The molecule has 26 heavy (non-hydrogen) atoms. The summed E-state index contributed by atoms with van der Waals surface area (Å²) in [4.78, 5) is 29.8. The van der Waals surface area contributed by atoms with Crippen LogP contribution in [-0.4, -0.2) is 35.2 Å². The Hall–Kier alpha value is -2.21. The third-order valence-electron chi connectivity index (χ3n) is 4.78. The minimum atomic E-state index is -0.142. The first-order chi connectivity index (χ1) is 12.7.